The molecular formula is C13H16N2OS. The fraction of sp³-hybridized carbons (Fsp3) is 0.462. The summed E-state index contributed by atoms with van der Waals surface area (Å²) in [6, 6.07) is 7.58. The topological polar surface area (TPSA) is 24.8 Å². The second-order valence-corrected chi connectivity index (χ2v) is 4.28. The van der Waals surface area contributed by atoms with E-state index >= 15 is 0 Å². The number of hydrogen-bond acceptors (Lipinski definition) is 4. The van der Waals surface area contributed by atoms with Crippen molar-refractivity contribution < 1.29 is 4.74 Å². The minimum atomic E-state index is 0.746. The number of thiocarbonyl (C=S) groups is 1. The lowest BCUT2D eigenvalue weighted by Crippen LogP contribution is -2.25. The van der Waals surface area contributed by atoms with Crippen molar-refractivity contribution in [3.8, 4) is 5.75 Å². The Morgan fingerprint density at radius 2 is 1.94 bits per heavy atom. The molecule has 0 spiro atoms. The summed E-state index contributed by atoms with van der Waals surface area (Å²) in [5.41, 5.74) is 0.812. The Bertz CT molecular complexity index is 392. The summed E-state index contributed by atoms with van der Waals surface area (Å²) in [6.07, 6.45) is 2.65. The maximum absolute atomic E-state index is 5.67. The fourth-order valence-electron chi connectivity index (χ4n) is 1.97. The normalized spacial score (nSPS) is 15.5. The van der Waals surface area contributed by atoms with Crippen LogP contribution in [-0.2, 0) is 0 Å². The molecule has 0 unspecified atom stereocenters. The minimum Gasteiger partial charge on any atom is -0.492 e. The fourth-order valence-corrected chi connectivity index (χ4v) is 2.07. The van der Waals surface area contributed by atoms with E-state index in [2.05, 4.69) is 27.3 Å². The lowest BCUT2D eigenvalue weighted by atomic mass is 10.3. The number of rotatable bonds is 5. The third-order valence-electron chi connectivity index (χ3n) is 2.89. The van der Waals surface area contributed by atoms with Crippen LogP contribution in [0.5, 0.6) is 5.75 Å². The lowest BCUT2D eigenvalue weighted by molar-refractivity contribution is 0.238. The highest BCUT2D eigenvalue weighted by molar-refractivity contribution is 7.78. The Morgan fingerprint density at radius 1 is 1.24 bits per heavy atom. The number of isothiocyanates is 1. The van der Waals surface area contributed by atoms with E-state index in [0.717, 1.165) is 24.6 Å². The Hall–Kier alpha value is -1.22. The van der Waals surface area contributed by atoms with Crippen LogP contribution in [0.3, 0.4) is 0 Å². The average Bonchev–Trinajstić information content (AvgIpc) is 2.85. The molecule has 0 bridgehead atoms. The van der Waals surface area contributed by atoms with Crippen molar-refractivity contribution >= 4 is 23.1 Å². The predicted molar refractivity (Wildman–Crippen MR) is 72.3 cm³/mol. The van der Waals surface area contributed by atoms with Crippen LogP contribution in [0.15, 0.2) is 29.3 Å². The first-order chi connectivity index (χ1) is 8.38. The van der Waals surface area contributed by atoms with E-state index in [1.165, 1.54) is 25.9 Å². The predicted octanol–water partition coefficient (Wildman–Crippen LogP) is 2.90. The molecule has 1 fully saturated rings. The van der Waals surface area contributed by atoms with Gasteiger partial charge in [-0.2, -0.15) is 4.99 Å². The number of nitrogens with zero attached hydrogens (tertiary/aromatic N) is 2. The molecule has 1 aliphatic heterocycles. The Balaban J connectivity index is 1.76. The average molecular weight is 248 g/mol. The van der Waals surface area contributed by atoms with Crippen LogP contribution < -0.4 is 4.74 Å². The molecule has 3 nitrogen and oxygen atoms in total. The number of likely N-dealkylation sites (tertiary alicyclic amines) is 1. The zero-order chi connectivity index (χ0) is 11.9. The summed E-state index contributed by atoms with van der Waals surface area (Å²) in [7, 11) is 0. The van der Waals surface area contributed by atoms with Crippen molar-refractivity contribution in [3.05, 3.63) is 24.3 Å². The molecule has 0 aliphatic carbocycles. The van der Waals surface area contributed by atoms with Gasteiger partial charge in [-0.1, -0.05) is 0 Å². The van der Waals surface area contributed by atoms with Crippen molar-refractivity contribution in [1.29, 1.82) is 0 Å². The van der Waals surface area contributed by atoms with Crippen LogP contribution in [0.1, 0.15) is 12.8 Å². The molecule has 1 aromatic rings. The summed E-state index contributed by atoms with van der Waals surface area (Å²) in [4.78, 5) is 6.33. The first-order valence-corrected chi connectivity index (χ1v) is 6.32. The smallest absolute Gasteiger partial charge is 0.119 e. The van der Waals surface area contributed by atoms with E-state index in [0.29, 0.717) is 0 Å². The third-order valence-corrected chi connectivity index (χ3v) is 2.98. The van der Waals surface area contributed by atoms with Gasteiger partial charge in [-0.05, 0) is 62.4 Å². The summed E-state index contributed by atoms with van der Waals surface area (Å²) in [5, 5.41) is 2.34. The van der Waals surface area contributed by atoms with Crippen molar-refractivity contribution in [2.24, 2.45) is 4.99 Å². The maximum atomic E-state index is 5.67. The van der Waals surface area contributed by atoms with Gasteiger partial charge in [0.25, 0.3) is 0 Å². The number of hydrogen-bond donors (Lipinski definition) is 0. The second-order valence-electron chi connectivity index (χ2n) is 4.09. The molecule has 0 amide bonds. The summed E-state index contributed by atoms with van der Waals surface area (Å²) < 4.78 is 5.67. The second kappa shape index (κ2) is 6.50. The van der Waals surface area contributed by atoms with E-state index in [-0.39, 0.29) is 0 Å². The van der Waals surface area contributed by atoms with Crippen LogP contribution in [-0.4, -0.2) is 36.3 Å². The van der Waals surface area contributed by atoms with Gasteiger partial charge in [0, 0.05) is 6.54 Å². The molecule has 1 aromatic carbocycles. The zero-order valence-corrected chi connectivity index (χ0v) is 10.6. The molecule has 0 atom stereocenters. The largest absolute Gasteiger partial charge is 0.492 e. The van der Waals surface area contributed by atoms with Gasteiger partial charge in [0.05, 0.1) is 10.8 Å². The van der Waals surface area contributed by atoms with Crippen molar-refractivity contribution in [1.82, 2.24) is 4.90 Å². The summed E-state index contributed by atoms with van der Waals surface area (Å²) in [5.74, 6) is 0.882. The van der Waals surface area contributed by atoms with Crippen LogP contribution >= 0.6 is 12.2 Å². The third kappa shape index (κ3) is 3.93. The first kappa shape index (κ1) is 12.2. The molecule has 0 aromatic heterocycles. The van der Waals surface area contributed by atoms with Crippen LogP contribution in [0, 0.1) is 0 Å². The SMILES string of the molecule is S=C=Nc1ccc(OCCN2CCCC2)cc1. The Labute approximate surface area is 107 Å². The van der Waals surface area contributed by atoms with Crippen LogP contribution in [0.25, 0.3) is 0 Å². The number of benzene rings is 1. The molecule has 17 heavy (non-hydrogen) atoms. The molecule has 1 heterocycles. The molecule has 0 saturated carbocycles. The Morgan fingerprint density at radius 3 is 2.59 bits per heavy atom. The van der Waals surface area contributed by atoms with E-state index in [4.69, 9.17) is 4.74 Å². The van der Waals surface area contributed by atoms with E-state index in [9.17, 15) is 0 Å². The monoisotopic (exact) mass is 248 g/mol. The molecule has 2 rings (SSSR count). The van der Waals surface area contributed by atoms with Gasteiger partial charge in [0.1, 0.15) is 12.4 Å². The van der Waals surface area contributed by atoms with Gasteiger partial charge in [-0.25, -0.2) is 0 Å². The van der Waals surface area contributed by atoms with E-state index in [1.54, 1.807) is 0 Å². The van der Waals surface area contributed by atoms with E-state index < -0.39 is 0 Å². The Kier molecular flexibility index (Phi) is 4.68. The summed E-state index contributed by atoms with van der Waals surface area (Å²) >= 11 is 4.54. The zero-order valence-electron chi connectivity index (χ0n) is 9.76. The molecule has 0 N–H and O–H groups in total. The molecule has 4 heteroatoms. The minimum absolute atomic E-state index is 0.746. The molecule has 90 valence electrons. The van der Waals surface area contributed by atoms with Gasteiger partial charge in [-0.15, -0.1) is 0 Å². The van der Waals surface area contributed by atoms with Crippen molar-refractivity contribution in [2.45, 2.75) is 12.8 Å². The maximum Gasteiger partial charge on any atom is 0.119 e. The van der Waals surface area contributed by atoms with Gasteiger partial charge in [0.15, 0.2) is 0 Å². The van der Waals surface area contributed by atoms with Crippen LogP contribution in [0.4, 0.5) is 5.69 Å². The van der Waals surface area contributed by atoms with Gasteiger partial charge in [0.2, 0.25) is 0 Å². The highest BCUT2D eigenvalue weighted by Crippen LogP contribution is 2.17. The number of ether oxygens (including phenoxy) is 1. The summed E-state index contributed by atoms with van der Waals surface area (Å²) in [6.45, 7) is 4.19. The van der Waals surface area contributed by atoms with Crippen molar-refractivity contribution in [2.75, 3.05) is 26.2 Å². The van der Waals surface area contributed by atoms with E-state index in [1.807, 2.05) is 24.3 Å². The molecule has 1 saturated heterocycles. The molecular weight excluding hydrogens is 232 g/mol. The van der Waals surface area contributed by atoms with Gasteiger partial charge >= 0.3 is 0 Å². The number of aliphatic imine (C=N–C) groups is 1. The van der Waals surface area contributed by atoms with Crippen molar-refractivity contribution in [3.63, 3.8) is 0 Å². The lowest BCUT2D eigenvalue weighted by Gasteiger charge is -2.14. The quantitative estimate of drug-likeness (QED) is 0.591. The van der Waals surface area contributed by atoms with Crippen LogP contribution in [0.2, 0.25) is 0 Å². The molecule has 1 aliphatic rings. The van der Waals surface area contributed by atoms with Gasteiger partial charge < -0.3 is 4.74 Å². The molecule has 0 radical (unpaired) electrons. The highest BCUT2D eigenvalue weighted by atomic mass is 32.1. The van der Waals surface area contributed by atoms with Gasteiger partial charge in [-0.3, -0.25) is 4.90 Å². The highest BCUT2D eigenvalue weighted by Gasteiger charge is 2.10. The standard InChI is InChI=1S/C13H16N2OS/c17-11-14-12-3-5-13(6-4-12)16-10-9-15-7-1-2-8-15/h3-6H,1-2,7-10H2. The first-order valence-electron chi connectivity index (χ1n) is 5.91.